The molecule has 1 saturated heterocycles. The smallest absolute Gasteiger partial charge is 0.0594 e. The van der Waals surface area contributed by atoms with E-state index >= 15 is 0 Å². The molecule has 0 bridgehead atoms. The van der Waals surface area contributed by atoms with Crippen LogP contribution in [-0.4, -0.2) is 63.3 Å². The van der Waals surface area contributed by atoms with Crippen molar-refractivity contribution in [3.63, 3.8) is 0 Å². The Bertz CT molecular complexity index is 101. The van der Waals surface area contributed by atoms with Gasteiger partial charge in [0.05, 0.1) is 13.2 Å². The number of morpholine rings is 1. The van der Waals surface area contributed by atoms with Gasteiger partial charge in [0.1, 0.15) is 0 Å². The molecule has 80 valence electrons. The third-order valence-electron chi connectivity index (χ3n) is 1.97. The van der Waals surface area contributed by atoms with Gasteiger partial charge in [0, 0.05) is 26.2 Å². The lowest BCUT2D eigenvalue weighted by Gasteiger charge is -2.27. The number of hydrogen-bond acceptors (Lipinski definition) is 3. The zero-order chi connectivity index (χ0) is 10.1. The summed E-state index contributed by atoms with van der Waals surface area (Å²) in [7, 11) is 4.22. The molecule has 0 aliphatic carbocycles. The Labute approximate surface area is 82.7 Å². The SMILES string of the molecule is CC.CN(C)CCN1CCOCC1. The Morgan fingerprint density at radius 3 is 2.15 bits per heavy atom. The molecule has 0 amide bonds. The fraction of sp³-hybridized carbons (Fsp3) is 1.00. The minimum Gasteiger partial charge on any atom is -0.379 e. The standard InChI is InChI=1S/C8H18N2O.C2H6/c1-9(2)3-4-10-5-7-11-8-6-10;1-2/h3-8H2,1-2H3;1-2H3. The van der Waals surface area contributed by atoms with Gasteiger partial charge in [-0.1, -0.05) is 13.8 Å². The van der Waals surface area contributed by atoms with Crippen LogP contribution in [0.3, 0.4) is 0 Å². The van der Waals surface area contributed by atoms with Crippen LogP contribution < -0.4 is 0 Å². The molecule has 1 aliphatic rings. The van der Waals surface area contributed by atoms with Crippen molar-refractivity contribution in [1.29, 1.82) is 0 Å². The van der Waals surface area contributed by atoms with Gasteiger partial charge in [0.25, 0.3) is 0 Å². The van der Waals surface area contributed by atoms with Crippen molar-refractivity contribution in [1.82, 2.24) is 9.80 Å². The first kappa shape index (κ1) is 12.9. The summed E-state index contributed by atoms with van der Waals surface area (Å²) in [5, 5.41) is 0. The van der Waals surface area contributed by atoms with Gasteiger partial charge in [-0.15, -0.1) is 0 Å². The van der Waals surface area contributed by atoms with Gasteiger partial charge in [0.2, 0.25) is 0 Å². The average Bonchev–Trinajstić information content (AvgIpc) is 2.19. The second kappa shape index (κ2) is 8.48. The molecule has 0 saturated carbocycles. The first-order valence-corrected chi connectivity index (χ1v) is 5.24. The van der Waals surface area contributed by atoms with Crippen molar-refractivity contribution in [3.8, 4) is 0 Å². The molecule has 13 heavy (non-hydrogen) atoms. The molecule has 0 aromatic carbocycles. The molecule has 0 atom stereocenters. The van der Waals surface area contributed by atoms with Gasteiger partial charge >= 0.3 is 0 Å². The Morgan fingerprint density at radius 1 is 1.15 bits per heavy atom. The maximum Gasteiger partial charge on any atom is 0.0594 e. The summed E-state index contributed by atoms with van der Waals surface area (Å²) in [6, 6.07) is 0. The van der Waals surface area contributed by atoms with Crippen LogP contribution >= 0.6 is 0 Å². The molecule has 3 nitrogen and oxygen atoms in total. The number of nitrogens with zero attached hydrogens (tertiary/aromatic N) is 2. The molecular formula is C10H24N2O. The highest BCUT2D eigenvalue weighted by molar-refractivity contribution is 4.62. The topological polar surface area (TPSA) is 15.7 Å². The van der Waals surface area contributed by atoms with E-state index in [1.807, 2.05) is 13.8 Å². The maximum atomic E-state index is 5.25. The third-order valence-corrected chi connectivity index (χ3v) is 1.97. The predicted molar refractivity (Wildman–Crippen MR) is 57.2 cm³/mol. The molecule has 0 spiro atoms. The van der Waals surface area contributed by atoms with E-state index in [1.165, 1.54) is 6.54 Å². The number of likely N-dealkylation sites (N-methyl/N-ethyl adjacent to an activating group) is 1. The molecule has 0 radical (unpaired) electrons. The molecule has 1 fully saturated rings. The summed E-state index contributed by atoms with van der Waals surface area (Å²) >= 11 is 0. The second-order valence-electron chi connectivity index (χ2n) is 3.26. The zero-order valence-electron chi connectivity index (χ0n) is 9.55. The van der Waals surface area contributed by atoms with Crippen molar-refractivity contribution in [2.75, 3.05) is 53.5 Å². The monoisotopic (exact) mass is 188 g/mol. The summed E-state index contributed by atoms with van der Waals surface area (Å²) in [6.45, 7) is 10.4. The lowest BCUT2D eigenvalue weighted by molar-refractivity contribution is 0.0354. The Hall–Kier alpha value is -0.120. The fourth-order valence-electron chi connectivity index (χ4n) is 1.17. The van der Waals surface area contributed by atoms with Crippen LogP contribution in [-0.2, 0) is 4.74 Å². The lowest BCUT2D eigenvalue weighted by Crippen LogP contribution is -2.40. The summed E-state index contributed by atoms with van der Waals surface area (Å²) < 4.78 is 5.25. The van der Waals surface area contributed by atoms with Crippen molar-refractivity contribution >= 4 is 0 Å². The molecule has 0 aromatic heterocycles. The molecule has 1 rings (SSSR count). The first-order valence-electron chi connectivity index (χ1n) is 5.24. The largest absolute Gasteiger partial charge is 0.379 e. The normalized spacial score (nSPS) is 18.2. The van der Waals surface area contributed by atoms with Crippen LogP contribution in [0.1, 0.15) is 13.8 Å². The predicted octanol–water partition coefficient (Wildman–Crippen LogP) is 0.906. The second-order valence-corrected chi connectivity index (χ2v) is 3.26. The van der Waals surface area contributed by atoms with Crippen LogP contribution in [0, 0.1) is 0 Å². The van der Waals surface area contributed by atoms with Gasteiger partial charge in [-0.25, -0.2) is 0 Å². The van der Waals surface area contributed by atoms with Gasteiger partial charge in [-0.3, -0.25) is 4.90 Å². The van der Waals surface area contributed by atoms with E-state index in [0.717, 1.165) is 32.8 Å². The van der Waals surface area contributed by atoms with Crippen LogP contribution in [0.4, 0.5) is 0 Å². The summed E-state index contributed by atoms with van der Waals surface area (Å²) in [4.78, 5) is 4.67. The first-order chi connectivity index (χ1) is 6.29. The highest BCUT2D eigenvalue weighted by Gasteiger charge is 2.09. The van der Waals surface area contributed by atoms with Crippen LogP contribution in [0.5, 0.6) is 0 Å². The van der Waals surface area contributed by atoms with Gasteiger partial charge in [-0.2, -0.15) is 0 Å². The van der Waals surface area contributed by atoms with Gasteiger partial charge < -0.3 is 9.64 Å². The number of hydrogen-bond donors (Lipinski definition) is 0. The van der Waals surface area contributed by atoms with E-state index < -0.39 is 0 Å². The minimum atomic E-state index is 0.910. The quantitative estimate of drug-likeness (QED) is 0.654. The van der Waals surface area contributed by atoms with E-state index in [2.05, 4.69) is 23.9 Å². The molecule has 1 heterocycles. The fourth-order valence-corrected chi connectivity index (χ4v) is 1.17. The molecular weight excluding hydrogens is 164 g/mol. The molecule has 1 aliphatic heterocycles. The van der Waals surface area contributed by atoms with Crippen molar-refractivity contribution in [2.24, 2.45) is 0 Å². The summed E-state index contributed by atoms with van der Waals surface area (Å²) in [5.41, 5.74) is 0. The molecule has 3 heteroatoms. The van der Waals surface area contributed by atoms with Gasteiger partial charge in [-0.05, 0) is 14.1 Å². The van der Waals surface area contributed by atoms with Crippen LogP contribution in [0.2, 0.25) is 0 Å². The third kappa shape index (κ3) is 6.99. The average molecular weight is 188 g/mol. The number of rotatable bonds is 3. The van der Waals surface area contributed by atoms with Crippen molar-refractivity contribution in [3.05, 3.63) is 0 Å². The summed E-state index contributed by atoms with van der Waals surface area (Å²) in [6.07, 6.45) is 0. The molecule has 0 N–H and O–H groups in total. The highest BCUT2D eigenvalue weighted by atomic mass is 16.5. The Morgan fingerprint density at radius 2 is 1.69 bits per heavy atom. The number of ether oxygens (including phenoxy) is 1. The maximum absolute atomic E-state index is 5.25. The van der Waals surface area contributed by atoms with Crippen LogP contribution in [0.15, 0.2) is 0 Å². The Balaban J connectivity index is 0.000000671. The van der Waals surface area contributed by atoms with E-state index in [4.69, 9.17) is 4.74 Å². The molecule has 0 aromatic rings. The van der Waals surface area contributed by atoms with Crippen LogP contribution in [0.25, 0.3) is 0 Å². The lowest BCUT2D eigenvalue weighted by atomic mass is 10.4. The Kier molecular flexibility index (Phi) is 8.40. The van der Waals surface area contributed by atoms with E-state index in [9.17, 15) is 0 Å². The van der Waals surface area contributed by atoms with E-state index in [0.29, 0.717) is 0 Å². The minimum absolute atomic E-state index is 0.910. The highest BCUT2D eigenvalue weighted by Crippen LogP contribution is 1.95. The molecule has 0 unspecified atom stereocenters. The van der Waals surface area contributed by atoms with E-state index in [1.54, 1.807) is 0 Å². The van der Waals surface area contributed by atoms with Crippen molar-refractivity contribution in [2.45, 2.75) is 13.8 Å². The zero-order valence-corrected chi connectivity index (χ0v) is 9.55. The van der Waals surface area contributed by atoms with E-state index in [-0.39, 0.29) is 0 Å². The summed E-state index contributed by atoms with van der Waals surface area (Å²) in [5.74, 6) is 0. The van der Waals surface area contributed by atoms with Crippen molar-refractivity contribution < 1.29 is 4.74 Å². The van der Waals surface area contributed by atoms with Gasteiger partial charge in [0.15, 0.2) is 0 Å².